The third-order valence-electron chi connectivity index (χ3n) is 5.55. The average Bonchev–Trinajstić information content (AvgIpc) is 3.23. The number of nitrogens with one attached hydrogen (secondary N) is 1. The Labute approximate surface area is 169 Å². The lowest BCUT2D eigenvalue weighted by Crippen LogP contribution is -2.41. The molecule has 1 heterocycles. The van der Waals surface area contributed by atoms with E-state index in [1.54, 1.807) is 7.11 Å². The van der Waals surface area contributed by atoms with Crippen molar-refractivity contribution in [2.75, 3.05) is 26.7 Å². The van der Waals surface area contributed by atoms with E-state index in [4.69, 9.17) is 9.73 Å². The number of likely N-dealkylation sites (tertiary alicyclic amines) is 1. The van der Waals surface area contributed by atoms with Gasteiger partial charge in [-0.1, -0.05) is 37.1 Å². The number of benzene rings is 1. The van der Waals surface area contributed by atoms with Crippen molar-refractivity contribution in [3.05, 3.63) is 35.4 Å². The summed E-state index contributed by atoms with van der Waals surface area (Å²) in [5.74, 6) is 1.08. The van der Waals surface area contributed by atoms with E-state index < -0.39 is 0 Å². The molecule has 1 aromatic rings. The van der Waals surface area contributed by atoms with Crippen molar-refractivity contribution >= 4 is 29.9 Å². The van der Waals surface area contributed by atoms with Gasteiger partial charge in [-0.2, -0.15) is 0 Å². The molecule has 1 aliphatic heterocycles. The summed E-state index contributed by atoms with van der Waals surface area (Å²) >= 11 is 0. The van der Waals surface area contributed by atoms with Gasteiger partial charge in [0, 0.05) is 26.7 Å². The van der Waals surface area contributed by atoms with Crippen LogP contribution in [0.15, 0.2) is 29.3 Å². The second kappa shape index (κ2) is 9.76. The topological polar surface area (TPSA) is 36.9 Å². The predicted molar refractivity (Wildman–Crippen MR) is 114 cm³/mol. The van der Waals surface area contributed by atoms with Crippen LogP contribution in [0.2, 0.25) is 0 Å². The third-order valence-corrected chi connectivity index (χ3v) is 5.55. The molecule has 0 radical (unpaired) electrons. The highest BCUT2D eigenvalue weighted by Gasteiger charge is 2.41. The fourth-order valence-corrected chi connectivity index (χ4v) is 4.24. The smallest absolute Gasteiger partial charge is 0.194 e. The summed E-state index contributed by atoms with van der Waals surface area (Å²) in [6.45, 7) is 6.75. The third kappa shape index (κ3) is 5.09. The lowest BCUT2D eigenvalue weighted by atomic mass is 9.86. The van der Waals surface area contributed by atoms with Crippen LogP contribution in [0.1, 0.15) is 50.2 Å². The van der Waals surface area contributed by atoms with Crippen LogP contribution in [-0.4, -0.2) is 37.6 Å². The van der Waals surface area contributed by atoms with Gasteiger partial charge < -0.3 is 15.0 Å². The molecule has 3 rings (SSSR count). The van der Waals surface area contributed by atoms with E-state index in [-0.39, 0.29) is 24.0 Å². The minimum atomic E-state index is 0. The number of rotatable bonds is 5. The molecule has 4 nitrogen and oxygen atoms in total. The van der Waals surface area contributed by atoms with Gasteiger partial charge in [0.2, 0.25) is 0 Å². The molecule has 25 heavy (non-hydrogen) atoms. The average molecular weight is 457 g/mol. The van der Waals surface area contributed by atoms with Crippen LogP contribution in [0.3, 0.4) is 0 Å². The highest BCUT2D eigenvalue weighted by Crippen LogP contribution is 2.45. The molecule has 0 unspecified atom stereocenters. The molecule has 0 bridgehead atoms. The summed E-state index contributed by atoms with van der Waals surface area (Å²) in [6, 6.07) is 8.44. The van der Waals surface area contributed by atoms with Crippen molar-refractivity contribution in [3.63, 3.8) is 0 Å². The number of methoxy groups -OCH3 is 1. The normalized spacial score (nSPS) is 19.3. The Balaban J connectivity index is 0.00000225. The Hall–Kier alpha value is -0.820. The molecular formula is C20H32IN3O. The van der Waals surface area contributed by atoms with E-state index in [1.165, 1.54) is 49.8 Å². The largest absolute Gasteiger partial charge is 0.380 e. The summed E-state index contributed by atoms with van der Waals surface area (Å²) in [4.78, 5) is 7.42. The first-order valence-corrected chi connectivity index (χ1v) is 9.35. The molecule has 2 fully saturated rings. The standard InChI is InChI=1S/C20H31N3O.HI/c1-3-21-19(23-13-12-20(16-23)10-6-7-11-20)22-14-17-8-4-5-9-18(17)15-24-2;/h4-5,8-9H,3,6-7,10-16H2,1-2H3,(H,21,22);1H. The molecule has 1 aliphatic carbocycles. The fraction of sp³-hybridized carbons (Fsp3) is 0.650. The second-order valence-electron chi connectivity index (χ2n) is 7.25. The van der Waals surface area contributed by atoms with Crippen molar-refractivity contribution in [3.8, 4) is 0 Å². The van der Waals surface area contributed by atoms with Gasteiger partial charge >= 0.3 is 0 Å². The quantitative estimate of drug-likeness (QED) is 0.410. The van der Waals surface area contributed by atoms with Crippen molar-refractivity contribution in [1.82, 2.24) is 10.2 Å². The zero-order valence-electron chi connectivity index (χ0n) is 15.6. The first kappa shape index (κ1) is 20.5. The fourth-order valence-electron chi connectivity index (χ4n) is 4.24. The molecular weight excluding hydrogens is 425 g/mol. The summed E-state index contributed by atoms with van der Waals surface area (Å²) in [7, 11) is 1.75. The highest BCUT2D eigenvalue weighted by atomic mass is 127. The maximum atomic E-state index is 5.31. The Morgan fingerprint density at radius 2 is 1.92 bits per heavy atom. The van der Waals surface area contributed by atoms with Gasteiger partial charge in [0.1, 0.15) is 0 Å². The first-order chi connectivity index (χ1) is 11.8. The number of hydrogen-bond donors (Lipinski definition) is 1. The molecule has 2 aliphatic rings. The number of hydrogen-bond acceptors (Lipinski definition) is 2. The zero-order chi connectivity index (χ0) is 16.8. The van der Waals surface area contributed by atoms with Crippen molar-refractivity contribution in [1.29, 1.82) is 0 Å². The Kier molecular flexibility index (Phi) is 8.00. The van der Waals surface area contributed by atoms with Crippen LogP contribution in [0.25, 0.3) is 0 Å². The maximum Gasteiger partial charge on any atom is 0.194 e. The second-order valence-corrected chi connectivity index (χ2v) is 7.25. The van der Waals surface area contributed by atoms with Gasteiger partial charge in [0.15, 0.2) is 5.96 Å². The van der Waals surface area contributed by atoms with Crippen LogP contribution in [0.5, 0.6) is 0 Å². The minimum Gasteiger partial charge on any atom is -0.380 e. The van der Waals surface area contributed by atoms with Crippen LogP contribution >= 0.6 is 24.0 Å². The van der Waals surface area contributed by atoms with E-state index in [2.05, 4.69) is 41.4 Å². The molecule has 1 N–H and O–H groups in total. The number of ether oxygens (including phenoxy) is 1. The Morgan fingerprint density at radius 1 is 1.20 bits per heavy atom. The number of guanidine groups is 1. The molecule has 140 valence electrons. The number of halogens is 1. The number of aliphatic imine (C=N–C) groups is 1. The monoisotopic (exact) mass is 457 g/mol. The van der Waals surface area contributed by atoms with Crippen molar-refractivity contribution in [2.24, 2.45) is 10.4 Å². The van der Waals surface area contributed by atoms with Crippen LogP contribution < -0.4 is 5.32 Å². The van der Waals surface area contributed by atoms with Gasteiger partial charge in [0.05, 0.1) is 13.2 Å². The molecule has 1 saturated carbocycles. The minimum absolute atomic E-state index is 0. The van der Waals surface area contributed by atoms with Crippen LogP contribution in [0, 0.1) is 5.41 Å². The molecule has 0 aromatic heterocycles. The van der Waals surface area contributed by atoms with Gasteiger partial charge in [-0.3, -0.25) is 0 Å². The van der Waals surface area contributed by atoms with E-state index in [9.17, 15) is 0 Å². The van der Waals surface area contributed by atoms with E-state index in [0.29, 0.717) is 18.6 Å². The molecule has 1 aromatic carbocycles. The summed E-state index contributed by atoms with van der Waals surface area (Å²) in [5.41, 5.74) is 3.06. The van der Waals surface area contributed by atoms with Gasteiger partial charge in [0.25, 0.3) is 0 Å². The van der Waals surface area contributed by atoms with Gasteiger partial charge in [-0.05, 0) is 42.7 Å². The summed E-state index contributed by atoms with van der Waals surface area (Å²) < 4.78 is 5.31. The van der Waals surface area contributed by atoms with E-state index in [1.807, 2.05) is 0 Å². The highest BCUT2D eigenvalue weighted by molar-refractivity contribution is 14.0. The van der Waals surface area contributed by atoms with Crippen molar-refractivity contribution < 1.29 is 4.74 Å². The van der Waals surface area contributed by atoms with Crippen LogP contribution in [0.4, 0.5) is 0 Å². The molecule has 5 heteroatoms. The lowest BCUT2D eigenvalue weighted by Gasteiger charge is -2.26. The van der Waals surface area contributed by atoms with E-state index in [0.717, 1.165) is 19.0 Å². The molecule has 1 saturated heterocycles. The molecule has 0 atom stereocenters. The lowest BCUT2D eigenvalue weighted by molar-refractivity contribution is 0.184. The predicted octanol–water partition coefficient (Wildman–Crippen LogP) is 4.18. The Morgan fingerprint density at radius 3 is 2.60 bits per heavy atom. The van der Waals surface area contributed by atoms with Crippen molar-refractivity contribution in [2.45, 2.75) is 52.2 Å². The number of nitrogens with zero attached hydrogens (tertiary/aromatic N) is 2. The van der Waals surface area contributed by atoms with Gasteiger partial charge in [-0.15, -0.1) is 24.0 Å². The van der Waals surface area contributed by atoms with E-state index >= 15 is 0 Å². The summed E-state index contributed by atoms with van der Waals surface area (Å²) in [6.07, 6.45) is 6.95. The first-order valence-electron chi connectivity index (χ1n) is 9.35. The molecule has 1 spiro atoms. The zero-order valence-corrected chi connectivity index (χ0v) is 17.9. The Bertz CT molecular complexity index is 570. The SMILES string of the molecule is CCNC(=NCc1ccccc1COC)N1CCC2(CCCC2)C1.I. The molecule has 0 amide bonds. The van der Waals surface area contributed by atoms with Crippen LogP contribution in [-0.2, 0) is 17.9 Å². The maximum absolute atomic E-state index is 5.31. The summed E-state index contributed by atoms with van der Waals surface area (Å²) in [5, 5.41) is 3.50. The van der Waals surface area contributed by atoms with Gasteiger partial charge in [-0.25, -0.2) is 4.99 Å².